The fraction of sp³-hybridized carbons (Fsp3) is 0.273. The van der Waals surface area contributed by atoms with Crippen molar-refractivity contribution in [3.8, 4) is 28.6 Å². The first-order valence-electron chi connectivity index (χ1n) is 9.80. The summed E-state index contributed by atoms with van der Waals surface area (Å²) in [6.45, 7) is 1.81. The molecule has 1 amide bonds. The Hall–Kier alpha value is -2.85. The van der Waals surface area contributed by atoms with Crippen molar-refractivity contribution >= 4 is 39.3 Å². The smallest absolute Gasteiger partial charge is 0.247 e. The molecule has 0 saturated carbocycles. The zero-order valence-electron chi connectivity index (χ0n) is 18.0. The van der Waals surface area contributed by atoms with Gasteiger partial charge in [-0.05, 0) is 40.4 Å². The molecule has 32 heavy (non-hydrogen) atoms. The van der Waals surface area contributed by atoms with Gasteiger partial charge in [0, 0.05) is 17.5 Å². The minimum absolute atomic E-state index is 0.112. The van der Waals surface area contributed by atoms with E-state index in [1.54, 1.807) is 25.2 Å². The van der Waals surface area contributed by atoms with Crippen LogP contribution in [-0.4, -0.2) is 41.6 Å². The Bertz CT molecular complexity index is 1180. The van der Waals surface area contributed by atoms with Crippen molar-refractivity contribution in [3.63, 3.8) is 0 Å². The Kier molecular flexibility index (Phi) is 6.52. The molecule has 0 fully saturated rings. The molecule has 8 nitrogen and oxygen atoms in total. The highest BCUT2D eigenvalue weighted by atomic mass is 79.9. The second kappa shape index (κ2) is 9.33. The van der Waals surface area contributed by atoms with Crippen molar-refractivity contribution in [2.75, 3.05) is 25.4 Å². The van der Waals surface area contributed by atoms with Gasteiger partial charge in [-0.15, -0.1) is 10.2 Å². The van der Waals surface area contributed by atoms with Crippen LogP contribution in [0.15, 0.2) is 46.0 Å². The summed E-state index contributed by atoms with van der Waals surface area (Å²) in [6.07, 6.45) is 1.34. The highest BCUT2D eigenvalue weighted by Gasteiger charge is 2.36. The molecule has 166 valence electrons. The highest BCUT2D eigenvalue weighted by Crippen LogP contribution is 2.46. The Morgan fingerprint density at radius 2 is 2.00 bits per heavy atom. The molecule has 1 unspecified atom stereocenters. The van der Waals surface area contributed by atoms with Gasteiger partial charge in [-0.1, -0.05) is 36.9 Å². The summed E-state index contributed by atoms with van der Waals surface area (Å²) in [5, 5.41) is 9.02. The lowest BCUT2D eigenvalue weighted by atomic mass is 10.1. The van der Waals surface area contributed by atoms with Crippen LogP contribution < -0.4 is 19.1 Å². The van der Waals surface area contributed by atoms with Crippen molar-refractivity contribution in [3.05, 3.63) is 46.4 Å². The van der Waals surface area contributed by atoms with Crippen LogP contribution in [0.4, 0.5) is 5.69 Å². The van der Waals surface area contributed by atoms with E-state index in [-0.39, 0.29) is 12.3 Å². The van der Waals surface area contributed by atoms with Gasteiger partial charge in [0.15, 0.2) is 17.2 Å². The van der Waals surface area contributed by atoms with E-state index in [0.29, 0.717) is 44.0 Å². The monoisotopic (exact) mass is 516 g/mol. The van der Waals surface area contributed by atoms with Crippen LogP contribution in [-0.2, 0) is 4.79 Å². The normalized spacial score (nSPS) is 14.7. The van der Waals surface area contributed by atoms with Gasteiger partial charge >= 0.3 is 0 Å². The lowest BCUT2D eigenvalue weighted by molar-refractivity contribution is -0.120. The van der Waals surface area contributed by atoms with Crippen molar-refractivity contribution in [1.29, 1.82) is 0 Å². The quantitative estimate of drug-likeness (QED) is 0.443. The van der Waals surface area contributed by atoms with E-state index in [4.69, 9.17) is 14.2 Å². The van der Waals surface area contributed by atoms with Gasteiger partial charge in [0.05, 0.1) is 24.4 Å². The fourth-order valence-corrected chi connectivity index (χ4v) is 4.46. The second-order valence-corrected chi connectivity index (χ2v) is 8.42. The van der Waals surface area contributed by atoms with Gasteiger partial charge in [0.2, 0.25) is 23.2 Å². The van der Waals surface area contributed by atoms with E-state index in [9.17, 15) is 4.79 Å². The van der Waals surface area contributed by atoms with E-state index in [1.807, 2.05) is 43.5 Å². The van der Waals surface area contributed by atoms with Crippen molar-refractivity contribution in [2.45, 2.75) is 24.7 Å². The molecule has 0 N–H and O–H groups in total. The van der Waals surface area contributed by atoms with Gasteiger partial charge < -0.3 is 14.2 Å². The third kappa shape index (κ3) is 3.88. The van der Waals surface area contributed by atoms with E-state index < -0.39 is 6.23 Å². The first kappa shape index (κ1) is 22.3. The van der Waals surface area contributed by atoms with Crippen LogP contribution in [0.3, 0.4) is 0 Å². The van der Waals surface area contributed by atoms with Gasteiger partial charge in [-0.25, -0.2) is 0 Å². The minimum Gasteiger partial charge on any atom is -0.493 e. The number of carbonyl (C=O) groups is 1. The van der Waals surface area contributed by atoms with E-state index in [0.717, 1.165) is 5.56 Å². The van der Waals surface area contributed by atoms with Crippen molar-refractivity contribution < 1.29 is 19.0 Å². The van der Waals surface area contributed by atoms with Crippen LogP contribution in [0.1, 0.15) is 25.1 Å². The number of hydrogen-bond acceptors (Lipinski definition) is 8. The molecule has 0 bridgehead atoms. The lowest BCUT2D eigenvalue weighted by Crippen LogP contribution is -2.37. The molecule has 2 heterocycles. The number of aromatic nitrogens is 3. The molecule has 1 aromatic heterocycles. The predicted molar refractivity (Wildman–Crippen MR) is 125 cm³/mol. The van der Waals surface area contributed by atoms with E-state index in [2.05, 4.69) is 31.1 Å². The molecule has 1 aliphatic heterocycles. The second-order valence-electron chi connectivity index (χ2n) is 6.80. The average Bonchev–Trinajstić information content (AvgIpc) is 2.97. The Morgan fingerprint density at radius 1 is 1.22 bits per heavy atom. The summed E-state index contributed by atoms with van der Waals surface area (Å²) < 4.78 is 18.0. The number of rotatable bonds is 5. The number of amides is 1. The number of ether oxygens (including phenoxy) is 3. The number of hydrogen-bond donors (Lipinski definition) is 0. The van der Waals surface area contributed by atoms with E-state index in [1.165, 1.54) is 11.8 Å². The van der Waals surface area contributed by atoms with Gasteiger partial charge in [0.1, 0.15) is 0 Å². The molecule has 2 aromatic carbocycles. The Labute approximate surface area is 198 Å². The summed E-state index contributed by atoms with van der Waals surface area (Å²) >= 11 is 4.90. The van der Waals surface area contributed by atoms with Crippen LogP contribution in [0.25, 0.3) is 11.3 Å². The van der Waals surface area contributed by atoms with Crippen molar-refractivity contribution in [2.24, 2.45) is 0 Å². The lowest BCUT2D eigenvalue weighted by Gasteiger charge is -2.31. The molecular formula is C22H21BrN4O4S. The van der Waals surface area contributed by atoms with Gasteiger partial charge in [0.25, 0.3) is 0 Å². The van der Waals surface area contributed by atoms with E-state index >= 15 is 0 Å². The van der Waals surface area contributed by atoms with Crippen LogP contribution in [0.5, 0.6) is 17.4 Å². The van der Waals surface area contributed by atoms with Gasteiger partial charge in [-0.3, -0.25) is 9.69 Å². The first-order valence-corrected chi connectivity index (χ1v) is 11.8. The molecule has 1 aliphatic rings. The molecule has 3 aromatic rings. The Morgan fingerprint density at radius 3 is 2.69 bits per heavy atom. The molecule has 0 spiro atoms. The number of fused-ring (bicyclic) bond motifs is 3. The zero-order valence-corrected chi connectivity index (χ0v) is 20.4. The van der Waals surface area contributed by atoms with Crippen molar-refractivity contribution in [1.82, 2.24) is 15.2 Å². The maximum absolute atomic E-state index is 13.2. The molecule has 4 rings (SSSR count). The molecular weight excluding hydrogens is 496 g/mol. The number of carbonyl (C=O) groups excluding carboxylic acids is 1. The maximum atomic E-state index is 13.2. The maximum Gasteiger partial charge on any atom is 0.247 e. The highest BCUT2D eigenvalue weighted by molar-refractivity contribution is 9.10. The largest absolute Gasteiger partial charge is 0.493 e. The number of halogens is 1. The molecule has 0 saturated heterocycles. The number of benzene rings is 2. The number of methoxy groups -OCH3 is 2. The standard InChI is InChI=1S/C22H21BrN4O4S/c1-5-17(28)27-15-9-7-6-8-13(15)18-20(24-22(32-4)26-25-18)31-21(27)12-10-14(23)19(30-3)16(11-12)29-2/h6-11,21H,5H2,1-4H3. The minimum atomic E-state index is -0.813. The number of para-hydroxylation sites is 1. The fourth-order valence-electron chi connectivity index (χ4n) is 3.54. The SMILES string of the molecule is CCC(=O)N1c2ccccc2-c2nnc(SC)nc2OC1c1cc(Br)c(OC)c(OC)c1. The Balaban J connectivity index is 1.99. The summed E-state index contributed by atoms with van der Waals surface area (Å²) in [5.74, 6) is 1.25. The third-order valence-electron chi connectivity index (χ3n) is 5.01. The number of nitrogens with zero attached hydrogens (tertiary/aromatic N) is 4. The van der Waals surface area contributed by atoms with Crippen LogP contribution in [0.2, 0.25) is 0 Å². The zero-order chi connectivity index (χ0) is 22.8. The third-order valence-corrected chi connectivity index (χ3v) is 6.13. The molecule has 10 heteroatoms. The summed E-state index contributed by atoms with van der Waals surface area (Å²) in [5.41, 5.74) is 2.55. The molecule has 0 aliphatic carbocycles. The number of thioether (sulfide) groups is 1. The van der Waals surface area contributed by atoms with Crippen LogP contribution in [0, 0.1) is 0 Å². The van der Waals surface area contributed by atoms with Crippen LogP contribution >= 0.6 is 27.7 Å². The average molecular weight is 517 g/mol. The predicted octanol–water partition coefficient (Wildman–Crippen LogP) is 4.87. The molecule has 1 atom stereocenters. The summed E-state index contributed by atoms with van der Waals surface area (Å²) in [7, 11) is 3.12. The first-order chi connectivity index (χ1) is 15.5. The topological polar surface area (TPSA) is 86.7 Å². The summed E-state index contributed by atoms with van der Waals surface area (Å²) in [4.78, 5) is 19.4. The van der Waals surface area contributed by atoms with Gasteiger partial charge in [-0.2, -0.15) is 4.98 Å². The number of anilines is 1. The molecule has 0 radical (unpaired) electrons. The summed E-state index contributed by atoms with van der Waals surface area (Å²) in [6, 6.07) is 11.2.